The second-order valence-corrected chi connectivity index (χ2v) is 9.50. The van der Waals surface area contributed by atoms with Gasteiger partial charge < -0.3 is 25.6 Å². The number of hydrogen-bond acceptors (Lipinski definition) is 8. The first-order valence-corrected chi connectivity index (χ1v) is 11.8. The number of fused-ring (bicyclic) bond motifs is 2. The molecule has 2 heterocycles. The molecule has 1 aromatic rings. The highest BCUT2D eigenvalue weighted by molar-refractivity contribution is 6.25. The number of nitrogens with zero attached hydrogens (tertiary/aromatic N) is 1. The van der Waals surface area contributed by atoms with E-state index < -0.39 is 6.04 Å². The number of methoxy groups -OCH3 is 2. The van der Waals surface area contributed by atoms with Gasteiger partial charge in [-0.15, -0.1) is 0 Å². The molecule has 4 atom stereocenters. The number of nitrogens with two attached hydrogens (primary N) is 1. The molecule has 0 amide bonds. The molecule has 0 fully saturated rings. The Balaban J connectivity index is 1.92. The maximum Gasteiger partial charge on any atom is 0.225 e. The summed E-state index contributed by atoms with van der Waals surface area (Å²) in [6, 6.07) is 1.20. The maximum atomic E-state index is 13.4. The number of carbonyl (C=O) groups is 2. The molecule has 2 aliphatic heterocycles. The number of phenolic OH excluding ortho intramolecular Hbond substituents is 1. The Bertz CT molecular complexity index is 1110. The third-order valence-electron chi connectivity index (χ3n) is 7.80. The van der Waals surface area contributed by atoms with E-state index in [1.165, 1.54) is 7.11 Å². The molecule has 0 saturated carbocycles. The molecule has 3 aliphatic rings. The van der Waals surface area contributed by atoms with Crippen molar-refractivity contribution >= 4 is 11.6 Å². The Morgan fingerprint density at radius 1 is 1.21 bits per heavy atom. The van der Waals surface area contributed by atoms with Crippen LogP contribution in [-0.2, 0) is 14.3 Å². The van der Waals surface area contributed by atoms with E-state index in [-0.39, 0.29) is 47.6 Å². The minimum Gasteiger partial charge on any atom is -0.504 e. The summed E-state index contributed by atoms with van der Waals surface area (Å²) >= 11 is 0. The normalized spacial score (nSPS) is 27.6. The SMILES string of the molecule is CNC1c2c(cc(C)c(OC)c2O)C(C)CCN2C(CN)C3=C(CC12)C(=O)C(C)=C(OC)C3=O. The first-order chi connectivity index (χ1) is 16.2. The van der Waals surface area contributed by atoms with Crippen LogP contribution in [0.15, 0.2) is 28.5 Å². The summed E-state index contributed by atoms with van der Waals surface area (Å²) in [5.74, 6) is 0.432. The minimum absolute atomic E-state index is 0.106. The lowest BCUT2D eigenvalue weighted by atomic mass is 9.73. The van der Waals surface area contributed by atoms with Crippen molar-refractivity contribution in [2.24, 2.45) is 5.73 Å². The summed E-state index contributed by atoms with van der Waals surface area (Å²) < 4.78 is 10.9. The van der Waals surface area contributed by atoms with Gasteiger partial charge >= 0.3 is 0 Å². The van der Waals surface area contributed by atoms with Gasteiger partial charge in [0.05, 0.1) is 26.3 Å². The van der Waals surface area contributed by atoms with Gasteiger partial charge in [-0.2, -0.15) is 0 Å². The van der Waals surface area contributed by atoms with Crippen molar-refractivity contribution in [3.63, 3.8) is 0 Å². The largest absolute Gasteiger partial charge is 0.504 e. The number of aromatic hydroxyl groups is 1. The van der Waals surface area contributed by atoms with Crippen molar-refractivity contribution < 1.29 is 24.2 Å². The van der Waals surface area contributed by atoms with Crippen LogP contribution in [-0.4, -0.2) is 68.0 Å². The molecular weight excluding hydrogens is 434 g/mol. The molecule has 0 aromatic heterocycles. The predicted octanol–water partition coefficient (Wildman–Crippen LogP) is 2.25. The fraction of sp³-hybridized carbons (Fsp3) is 0.538. The number of ether oxygens (including phenoxy) is 2. The Hall–Kier alpha value is -2.68. The molecule has 8 heteroatoms. The number of nitrogens with one attached hydrogen (secondary N) is 1. The second kappa shape index (κ2) is 9.17. The van der Waals surface area contributed by atoms with Gasteiger partial charge in [-0.3, -0.25) is 14.5 Å². The molecule has 0 bridgehead atoms. The van der Waals surface area contributed by atoms with Gasteiger partial charge in [0.1, 0.15) is 0 Å². The lowest BCUT2D eigenvalue weighted by Gasteiger charge is -2.49. The van der Waals surface area contributed by atoms with Crippen LogP contribution in [0.3, 0.4) is 0 Å². The highest BCUT2D eigenvalue weighted by Crippen LogP contribution is 2.48. The van der Waals surface area contributed by atoms with Gasteiger partial charge in [0.2, 0.25) is 5.78 Å². The number of aryl methyl sites for hydroxylation is 1. The average Bonchev–Trinajstić information content (AvgIpc) is 2.81. The van der Waals surface area contributed by atoms with Crippen LogP contribution in [0.25, 0.3) is 0 Å². The zero-order valence-electron chi connectivity index (χ0n) is 20.8. The Labute approximate surface area is 200 Å². The van der Waals surface area contributed by atoms with Gasteiger partial charge in [-0.1, -0.05) is 13.0 Å². The topological polar surface area (TPSA) is 114 Å². The van der Waals surface area contributed by atoms with Crippen molar-refractivity contribution in [2.45, 2.75) is 57.7 Å². The number of phenols is 1. The van der Waals surface area contributed by atoms with E-state index in [0.717, 1.165) is 23.1 Å². The summed E-state index contributed by atoms with van der Waals surface area (Å²) in [5, 5.41) is 14.7. The third kappa shape index (κ3) is 3.47. The van der Waals surface area contributed by atoms with Gasteiger partial charge in [0.15, 0.2) is 23.0 Å². The molecule has 8 nitrogen and oxygen atoms in total. The number of likely N-dealkylation sites (N-methyl/N-ethyl adjacent to an activating group) is 1. The van der Waals surface area contributed by atoms with Crippen LogP contribution in [0.4, 0.5) is 0 Å². The van der Waals surface area contributed by atoms with Crippen molar-refractivity contribution in [3.8, 4) is 11.5 Å². The molecule has 0 spiro atoms. The van der Waals surface area contributed by atoms with Crippen molar-refractivity contribution in [2.75, 3.05) is 34.4 Å². The van der Waals surface area contributed by atoms with Crippen LogP contribution in [0, 0.1) is 6.92 Å². The van der Waals surface area contributed by atoms with E-state index in [1.807, 2.05) is 14.0 Å². The van der Waals surface area contributed by atoms with Gasteiger partial charge in [0.25, 0.3) is 0 Å². The zero-order chi connectivity index (χ0) is 24.9. The van der Waals surface area contributed by atoms with Gasteiger partial charge in [-0.25, -0.2) is 0 Å². The molecule has 4 unspecified atom stereocenters. The molecule has 4 rings (SSSR count). The number of carbonyl (C=O) groups excluding carboxylic acids is 2. The number of benzene rings is 1. The van der Waals surface area contributed by atoms with Crippen LogP contribution in [0.5, 0.6) is 11.5 Å². The molecule has 0 radical (unpaired) electrons. The summed E-state index contributed by atoms with van der Waals surface area (Å²) in [7, 11) is 4.83. The Morgan fingerprint density at radius 2 is 1.91 bits per heavy atom. The quantitative estimate of drug-likeness (QED) is 0.576. The third-order valence-corrected chi connectivity index (χ3v) is 7.80. The molecule has 184 valence electrons. The molecule has 4 N–H and O–H groups in total. The fourth-order valence-electron chi connectivity index (χ4n) is 6.13. The predicted molar refractivity (Wildman–Crippen MR) is 129 cm³/mol. The summed E-state index contributed by atoms with van der Waals surface area (Å²) in [4.78, 5) is 29.0. The minimum atomic E-state index is -0.414. The van der Waals surface area contributed by atoms with Crippen molar-refractivity contribution in [1.29, 1.82) is 0 Å². The number of Topliss-reactive ketones (excluding diaryl/α,β-unsaturated/α-hetero) is 2. The lowest BCUT2D eigenvalue weighted by Crippen LogP contribution is -2.58. The second-order valence-electron chi connectivity index (χ2n) is 9.50. The van der Waals surface area contributed by atoms with Crippen LogP contribution >= 0.6 is 0 Å². The van der Waals surface area contributed by atoms with Crippen molar-refractivity contribution in [3.05, 3.63) is 45.2 Å². The lowest BCUT2D eigenvalue weighted by molar-refractivity contribution is -0.120. The molecule has 34 heavy (non-hydrogen) atoms. The number of ketones is 2. The van der Waals surface area contributed by atoms with E-state index >= 15 is 0 Å². The summed E-state index contributed by atoms with van der Waals surface area (Å²) in [5.41, 5.74) is 10.3. The smallest absolute Gasteiger partial charge is 0.225 e. The number of allylic oxidation sites excluding steroid dienone is 2. The molecule has 1 aromatic carbocycles. The molecule has 0 saturated heterocycles. The average molecular weight is 470 g/mol. The fourth-order valence-corrected chi connectivity index (χ4v) is 6.13. The molecular formula is C26H35N3O5. The number of hydrogen-bond donors (Lipinski definition) is 3. The van der Waals surface area contributed by atoms with E-state index in [0.29, 0.717) is 35.4 Å². The van der Waals surface area contributed by atoms with Crippen LogP contribution in [0.2, 0.25) is 0 Å². The van der Waals surface area contributed by atoms with E-state index in [9.17, 15) is 14.7 Å². The monoisotopic (exact) mass is 469 g/mol. The Kier molecular flexibility index (Phi) is 6.59. The number of rotatable bonds is 4. The van der Waals surface area contributed by atoms with E-state index in [4.69, 9.17) is 15.2 Å². The van der Waals surface area contributed by atoms with Crippen molar-refractivity contribution in [1.82, 2.24) is 10.2 Å². The zero-order valence-corrected chi connectivity index (χ0v) is 20.8. The highest BCUT2D eigenvalue weighted by atomic mass is 16.5. The maximum absolute atomic E-state index is 13.4. The first-order valence-electron chi connectivity index (χ1n) is 11.8. The van der Waals surface area contributed by atoms with Crippen LogP contribution in [0.1, 0.15) is 55.3 Å². The summed E-state index contributed by atoms with van der Waals surface area (Å²) in [6.45, 7) is 6.62. The molecule has 1 aliphatic carbocycles. The Morgan fingerprint density at radius 3 is 2.50 bits per heavy atom. The summed E-state index contributed by atoms with van der Waals surface area (Å²) in [6.07, 6.45) is 1.19. The van der Waals surface area contributed by atoms with E-state index in [1.54, 1.807) is 14.0 Å². The van der Waals surface area contributed by atoms with E-state index in [2.05, 4.69) is 23.2 Å². The van der Waals surface area contributed by atoms with Crippen LogP contribution < -0.4 is 15.8 Å². The van der Waals surface area contributed by atoms with Gasteiger partial charge in [0, 0.05) is 34.9 Å². The standard InChI is InChI=1S/C26H35N3O5/c1-12-7-8-29-17(21(28-4)20-15(12)9-13(2)25(33-5)24(20)32)10-16-19(18(29)11-27)23(31)26(34-6)14(3)22(16)30/h9,12,17-18,21,28,32H,7-8,10-11,27H2,1-6H3. The van der Waals surface area contributed by atoms with Gasteiger partial charge in [-0.05, 0) is 57.3 Å². The highest BCUT2D eigenvalue weighted by Gasteiger charge is 2.48. The first kappa shape index (κ1) is 24.4.